The van der Waals surface area contributed by atoms with Crippen LogP contribution in [0.2, 0.25) is 0 Å². The van der Waals surface area contributed by atoms with Crippen LogP contribution in [0.4, 0.5) is 0 Å². The van der Waals surface area contributed by atoms with Gasteiger partial charge in [-0.3, -0.25) is 4.99 Å². The van der Waals surface area contributed by atoms with Crippen molar-refractivity contribution >= 4 is 5.96 Å². The van der Waals surface area contributed by atoms with Crippen LogP contribution in [0.15, 0.2) is 35.3 Å². The fraction of sp³-hybridized carbons (Fsp3) is 0.696. The predicted molar refractivity (Wildman–Crippen MR) is 111 cm³/mol. The first-order valence-corrected chi connectivity index (χ1v) is 11.1. The smallest absolute Gasteiger partial charge is 0.193 e. The summed E-state index contributed by atoms with van der Waals surface area (Å²) in [4.78, 5) is 7.09. The van der Waals surface area contributed by atoms with Gasteiger partial charge in [0.2, 0.25) is 0 Å². The van der Waals surface area contributed by atoms with Crippen molar-refractivity contribution in [1.29, 1.82) is 0 Å². The molecule has 4 aliphatic rings. The number of hydrogen-bond donors (Lipinski definition) is 1. The van der Waals surface area contributed by atoms with Gasteiger partial charge in [-0.2, -0.15) is 0 Å². The van der Waals surface area contributed by atoms with E-state index in [-0.39, 0.29) is 0 Å². The molecule has 3 atom stereocenters. The minimum atomic E-state index is 0.300. The van der Waals surface area contributed by atoms with Crippen LogP contribution in [0.1, 0.15) is 44.9 Å². The number of piperidine rings is 1. The predicted octanol–water partition coefficient (Wildman–Crippen LogP) is 3.45. The summed E-state index contributed by atoms with van der Waals surface area (Å²) in [7, 11) is 1.93. The van der Waals surface area contributed by atoms with Crippen molar-refractivity contribution in [1.82, 2.24) is 10.2 Å². The zero-order chi connectivity index (χ0) is 19.0. The summed E-state index contributed by atoms with van der Waals surface area (Å²) in [5.74, 6) is 2.74. The number of rotatable bonds is 3. The van der Waals surface area contributed by atoms with Crippen LogP contribution in [-0.2, 0) is 4.74 Å². The van der Waals surface area contributed by atoms with Crippen LogP contribution >= 0.6 is 0 Å². The number of fused-ring (bicyclic) bond motifs is 2. The summed E-state index contributed by atoms with van der Waals surface area (Å²) < 4.78 is 12.3. The number of hydrogen-bond acceptors (Lipinski definition) is 3. The Bertz CT molecular complexity index is 693. The van der Waals surface area contributed by atoms with E-state index >= 15 is 0 Å². The molecular formula is C23H33N3O2. The Morgan fingerprint density at radius 2 is 1.89 bits per heavy atom. The van der Waals surface area contributed by atoms with Gasteiger partial charge in [-0.15, -0.1) is 0 Å². The SMILES string of the molecule is CN=C(NC1C2CCOC2C12CCCC2)N1CCC(Oc2ccccc2)CC1. The highest BCUT2D eigenvalue weighted by Crippen LogP contribution is 2.60. The molecule has 0 bridgehead atoms. The van der Waals surface area contributed by atoms with Crippen LogP contribution in [-0.4, -0.2) is 55.9 Å². The molecule has 5 nitrogen and oxygen atoms in total. The van der Waals surface area contributed by atoms with E-state index < -0.39 is 0 Å². The van der Waals surface area contributed by atoms with Gasteiger partial charge in [0.05, 0.1) is 6.10 Å². The average Bonchev–Trinajstić information content (AvgIpc) is 3.39. The normalized spacial score (nSPS) is 32.2. The molecule has 0 amide bonds. The molecule has 28 heavy (non-hydrogen) atoms. The Labute approximate surface area is 168 Å². The highest BCUT2D eigenvalue weighted by molar-refractivity contribution is 5.80. The molecule has 1 aromatic rings. The van der Waals surface area contributed by atoms with E-state index in [1.54, 1.807) is 0 Å². The molecule has 2 saturated carbocycles. The molecule has 152 valence electrons. The zero-order valence-corrected chi connectivity index (χ0v) is 17.0. The summed E-state index contributed by atoms with van der Waals surface area (Å²) in [5, 5.41) is 3.90. The fourth-order valence-corrected chi connectivity index (χ4v) is 6.22. The van der Waals surface area contributed by atoms with E-state index in [0.29, 0.717) is 29.6 Å². The molecule has 0 aromatic heterocycles. The molecule has 5 heteroatoms. The minimum absolute atomic E-state index is 0.300. The third-order valence-electron chi connectivity index (χ3n) is 7.57. The van der Waals surface area contributed by atoms with Crippen molar-refractivity contribution < 1.29 is 9.47 Å². The lowest BCUT2D eigenvalue weighted by molar-refractivity contribution is -0.125. The molecule has 1 N–H and O–H groups in total. The first-order valence-electron chi connectivity index (χ1n) is 11.1. The number of benzene rings is 1. The van der Waals surface area contributed by atoms with Gasteiger partial charge in [-0.05, 0) is 31.4 Å². The molecule has 1 aromatic carbocycles. The summed E-state index contributed by atoms with van der Waals surface area (Å²) in [6, 6.07) is 10.7. The van der Waals surface area contributed by atoms with Gasteiger partial charge in [0.1, 0.15) is 11.9 Å². The molecule has 5 rings (SSSR count). The number of nitrogens with zero attached hydrogens (tertiary/aromatic N) is 2. The van der Waals surface area contributed by atoms with Crippen molar-refractivity contribution in [2.24, 2.45) is 16.3 Å². The van der Waals surface area contributed by atoms with Crippen LogP contribution in [0, 0.1) is 11.3 Å². The van der Waals surface area contributed by atoms with Gasteiger partial charge in [-0.1, -0.05) is 31.0 Å². The molecule has 4 fully saturated rings. The lowest BCUT2D eigenvalue weighted by atomic mass is 9.54. The van der Waals surface area contributed by atoms with Gasteiger partial charge in [0, 0.05) is 57.0 Å². The standard InChI is InChI=1S/C23H33N3O2/c1-24-22(25-20-19-11-16-27-21(19)23(20)12-5-6-13-23)26-14-9-18(10-15-26)28-17-7-3-2-4-8-17/h2-4,7-8,18-21H,5-6,9-16H2,1H3,(H,24,25). The maximum absolute atomic E-state index is 6.16. The summed E-state index contributed by atoms with van der Waals surface area (Å²) in [5.41, 5.74) is 0.367. The molecule has 2 saturated heterocycles. The Kier molecular flexibility index (Phi) is 4.95. The Morgan fingerprint density at radius 1 is 1.14 bits per heavy atom. The van der Waals surface area contributed by atoms with Crippen LogP contribution < -0.4 is 10.1 Å². The second-order valence-corrected chi connectivity index (χ2v) is 8.97. The van der Waals surface area contributed by atoms with Crippen LogP contribution in [0.5, 0.6) is 5.75 Å². The number of ether oxygens (including phenoxy) is 2. The maximum atomic E-state index is 6.16. The van der Waals surface area contributed by atoms with Crippen molar-refractivity contribution in [2.75, 3.05) is 26.7 Å². The van der Waals surface area contributed by atoms with Gasteiger partial charge >= 0.3 is 0 Å². The van der Waals surface area contributed by atoms with E-state index in [2.05, 4.69) is 15.2 Å². The van der Waals surface area contributed by atoms with Crippen molar-refractivity contribution in [2.45, 2.75) is 63.2 Å². The quantitative estimate of drug-likeness (QED) is 0.641. The van der Waals surface area contributed by atoms with Gasteiger partial charge in [0.25, 0.3) is 0 Å². The molecular weight excluding hydrogens is 350 g/mol. The second-order valence-electron chi connectivity index (χ2n) is 8.97. The van der Waals surface area contributed by atoms with Crippen LogP contribution in [0.25, 0.3) is 0 Å². The lowest BCUT2D eigenvalue weighted by Crippen LogP contribution is -2.69. The van der Waals surface area contributed by atoms with E-state index in [1.807, 2.05) is 37.4 Å². The maximum Gasteiger partial charge on any atom is 0.193 e. The largest absolute Gasteiger partial charge is 0.490 e. The zero-order valence-electron chi connectivity index (χ0n) is 17.0. The van der Waals surface area contributed by atoms with E-state index in [9.17, 15) is 0 Å². The second kappa shape index (κ2) is 7.58. The average molecular weight is 384 g/mol. The number of aliphatic imine (C=N–C) groups is 1. The monoisotopic (exact) mass is 383 g/mol. The third kappa shape index (κ3) is 3.08. The van der Waals surface area contributed by atoms with E-state index in [1.165, 1.54) is 32.1 Å². The summed E-state index contributed by atoms with van der Waals surface area (Å²) in [6.45, 7) is 2.94. The molecule has 2 aliphatic heterocycles. The molecule has 1 spiro atoms. The molecule has 2 heterocycles. The Morgan fingerprint density at radius 3 is 2.61 bits per heavy atom. The molecule has 3 unspecified atom stereocenters. The first-order chi connectivity index (χ1) is 13.8. The van der Waals surface area contributed by atoms with Crippen LogP contribution in [0.3, 0.4) is 0 Å². The van der Waals surface area contributed by atoms with Crippen molar-refractivity contribution in [3.05, 3.63) is 30.3 Å². The topological polar surface area (TPSA) is 46.1 Å². The van der Waals surface area contributed by atoms with Gasteiger partial charge < -0.3 is 19.7 Å². The van der Waals surface area contributed by atoms with E-state index in [4.69, 9.17) is 9.47 Å². The Hall–Kier alpha value is -1.75. The lowest BCUT2D eigenvalue weighted by Gasteiger charge is -2.57. The first kappa shape index (κ1) is 18.3. The summed E-state index contributed by atoms with van der Waals surface area (Å²) >= 11 is 0. The van der Waals surface area contributed by atoms with E-state index in [0.717, 1.165) is 44.2 Å². The number of nitrogens with one attached hydrogen (secondary N) is 1. The molecule has 0 radical (unpaired) electrons. The fourth-order valence-electron chi connectivity index (χ4n) is 6.22. The number of likely N-dealkylation sites (tertiary alicyclic amines) is 1. The minimum Gasteiger partial charge on any atom is -0.490 e. The molecule has 2 aliphatic carbocycles. The van der Waals surface area contributed by atoms with Gasteiger partial charge in [0.15, 0.2) is 5.96 Å². The third-order valence-corrected chi connectivity index (χ3v) is 7.57. The van der Waals surface area contributed by atoms with Crippen molar-refractivity contribution in [3.63, 3.8) is 0 Å². The Balaban J connectivity index is 1.19. The summed E-state index contributed by atoms with van der Waals surface area (Å²) in [6.07, 6.45) is 9.42. The number of para-hydroxylation sites is 1. The van der Waals surface area contributed by atoms with Gasteiger partial charge in [-0.25, -0.2) is 0 Å². The number of guanidine groups is 1. The highest BCUT2D eigenvalue weighted by atomic mass is 16.5. The van der Waals surface area contributed by atoms with Crippen molar-refractivity contribution in [3.8, 4) is 5.75 Å². The highest BCUT2D eigenvalue weighted by Gasteiger charge is 2.65.